The highest BCUT2D eigenvalue weighted by molar-refractivity contribution is 6.62. The average molecular weight is 584 g/mol. The topological polar surface area (TPSA) is 71.6 Å². The zero-order chi connectivity index (χ0) is 30.2. The lowest BCUT2D eigenvalue weighted by atomic mass is 9.71. The summed E-state index contributed by atoms with van der Waals surface area (Å²) in [7, 11) is -0.515. The number of fused-ring (bicyclic) bond motifs is 2. The van der Waals surface area contributed by atoms with Gasteiger partial charge in [0.05, 0.1) is 16.6 Å². The number of piperidine rings is 2. The summed E-state index contributed by atoms with van der Waals surface area (Å²) in [6, 6.07) is 6.73. The molecule has 3 saturated heterocycles. The normalized spacial score (nSPS) is 29.1. The minimum Gasteiger partial charge on any atom is -0.444 e. The molecular weight excluding hydrogens is 536 g/mol. The molecule has 5 aliphatic rings. The van der Waals surface area contributed by atoms with Crippen molar-refractivity contribution in [1.29, 1.82) is 0 Å². The summed E-state index contributed by atoms with van der Waals surface area (Å²) in [5.41, 5.74) is 0.742. The number of rotatable bonds is 3. The molecule has 0 radical (unpaired) electrons. The number of hydrogen-bond donors (Lipinski definition) is 0. The van der Waals surface area contributed by atoms with Crippen LogP contribution in [0, 0.1) is 0 Å². The maximum atomic E-state index is 14.5. The third-order valence-electron chi connectivity index (χ3n) is 10.6. The average Bonchev–Trinajstić information content (AvgIpc) is 3.24. The number of hydrogen-bond acceptors (Lipinski definition) is 6. The fourth-order valence-electron chi connectivity index (χ4n) is 7.28. The van der Waals surface area contributed by atoms with Gasteiger partial charge in [-0.25, -0.2) is 9.18 Å². The van der Waals surface area contributed by atoms with Crippen molar-refractivity contribution in [3.05, 3.63) is 23.8 Å². The van der Waals surface area contributed by atoms with Gasteiger partial charge in [0.25, 0.3) is 0 Å². The maximum Gasteiger partial charge on any atom is 0.494 e. The number of carbonyl (C=O) groups is 2. The van der Waals surface area contributed by atoms with Crippen molar-refractivity contribution in [3.8, 4) is 0 Å². The summed E-state index contributed by atoms with van der Waals surface area (Å²) in [4.78, 5) is 33.5. The molecule has 1 aromatic rings. The molecule has 0 N–H and O–H groups in total. The van der Waals surface area contributed by atoms with Crippen LogP contribution in [0.5, 0.6) is 0 Å². The first-order valence-corrected chi connectivity index (χ1v) is 15.8. The molecule has 6 rings (SSSR count). The number of benzene rings is 1. The van der Waals surface area contributed by atoms with Crippen LogP contribution in [0.4, 0.5) is 14.9 Å². The van der Waals surface area contributed by atoms with Gasteiger partial charge in [-0.05, 0) is 104 Å². The van der Waals surface area contributed by atoms with E-state index in [1.54, 1.807) is 4.90 Å². The summed E-state index contributed by atoms with van der Waals surface area (Å²) in [5, 5.41) is 0. The lowest BCUT2D eigenvalue weighted by molar-refractivity contribution is -0.126. The van der Waals surface area contributed by atoms with Gasteiger partial charge >= 0.3 is 13.2 Å². The number of alkyl halides is 1. The minimum absolute atomic E-state index is 0.0983. The molecule has 8 nitrogen and oxygen atoms in total. The fraction of sp³-hybridized carbons (Fsp3) is 0.750. The van der Waals surface area contributed by atoms with E-state index in [-0.39, 0.29) is 18.0 Å². The van der Waals surface area contributed by atoms with Crippen molar-refractivity contribution in [2.45, 2.75) is 127 Å². The van der Waals surface area contributed by atoms with Crippen molar-refractivity contribution in [2.24, 2.45) is 0 Å². The van der Waals surface area contributed by atoms with Crippen LogP contribution in [-0.4, -0.2) is 90.2 Å². The van der Waals surface area contributed by atoms with Crippen LogP contribution in [0.15, 0.2) is 18.2 Å². The molecule has 0 atom stereocenters. The van der Waals surface area contributed by atoms with Gasteiger partial charge in [0, 0.05) is 44.0 Å². The molecule has 4 heterocycles. The SMILES string of the molecule is CC(C)(C)OC(=O)N1CCC2(CC1)C(=O)N([C@H]1C[C@@H](N3CCC(F)CC3)C1)c1cc(B3OC(C)(C)C(C)(C)O3)ccc12. The Bertz CT molecular complexity index is 1210. The molecule has 1 aliphatic carbocycles. The molecule has 1 saturated carbocycles. The Morgan fingerprint density at radius 3 is 2.14 bits per heavy atom. The second kappa shape index (κ2) is 10.2. The van der Waals surface area contributed by atoms with Gasteiger partial charge in [-0.3, -0.25) is 4.79 Å². The Kier molecular flexibility index (Phi) is 7.26. The predicted octanol–water partition coefficient (Wildman–Crippen LogP) is 4.57. The van der Waals surface area contributed by atoms with Gasteiger partial charge in [-0.1, -0.05) is 12.1 Å². The molecule has 0 aromatic heterocycles. The fourth-order valence-corrected chi connectivity index (χ4v) is 7.28. The van der Waals surface area contributed by atoms with E-state index in [0.717, 1.165) is 42.6 Å². The Hall–Kier alpha value is -2.17. The standard InChI is InChI=1S/C32H47BFN3O5/c1-29(2,3)40-28(39)36-16-12-32(13-17-36)25-9-8-21(33-41-30(4,5)31(6,7)42-33)18-26(25)37(27(32)38)24-19-23(20-24)35-14-10-22(34)11-15-35/h8-9,18,22-24H,10-17,19-20H2,1-7H3/t23-,24+. The van der Waals surface area contributed by atoms with Gasteiger partial charge in [0.2, 0.25) is 5.91 Å². The van der Waals surface area contributed by atoms with Crippen molar-refractivity contribution < 1.29 is 28.0 Å². The molecule has 230 valence electrons. The van der Waals surface area contributed by atoms with Crippen molar-refractivity contribution in [2.75, 3.05) is 31.1 Å². The van der Waals surface area contributed by atoms with Crippen molar-refractivity contribution >= 4 is 30.3 Å². The predicted molar refractivity (Wildman–Crippen MR) is 161 cm³/mol. The van der Waals surface area contributed by atoms with Gasteiger partial charge in [0.15, 0.2) is 0 Å². The number of halogens is 1. The highest BCUT2D eigenvalue weighted by atomic mass is 19.1. The number of nitrogens with zero attached hydrogens (tertiary/aromatic N) is 3. The third kappa shape index (κ3) is 5.05. The van der Waals surface area contributed by atoms with Crippen molar-refractivity contribution in [3.63, 3.8) is 0 Å². The molecule has 4 aliphatic heterocycles. The van der Waals surface area contributed by atoms with Crippen LogP contribution in [0.2, 0.25) is 0 Å². The van der Waals surface area contributed by atoms with E-state index in [9.17, 15) is 14.0 Å². The van der Waals surface area contributed by atoms with E-state index in [1.807, 2.05) is 59.4 Å². The molecule has 0 unspecified atom stereocenters. The molecule has 10 heteroatoms. The first-order chi connectivity index (χ1) is 19.6. The van der Waals surface area contributed by atoms with Crippen LogP contribution in [0.25, 0.3) is 0 Å². The zero-order valence-corrected chi connectivity index (χ0v) is 26.4. The number of likely N-dealkylation sites (tertiary alicyclic amines) is 2. The highest BCUT2D eigenvalue weighted by Crippen LogP contribution is 2.51. The van der Waals surface area contributed by atoms with Gasteiger partial charge in [-0.15, -0.1) is 0 Å². The highest BCUT2D eigenvalue weighted by Gasteiger charge is 2.57. The second-order valence-electron chi connectivity index (χ2n) is 15.1. The lowest BCUT2D eigenvalue weighted by Crippen LogP contribution is -2.59. The van der Waals surface area contributed by atoms with Crippen LogP contribution in [0.3, 0.4) is 0 Å². The Morgan fingerprint density at radius 2 is 1.57 bits per heavy atom. The second-order valence-corrected chi connectivity index (χ2v) is 15.1. The largest absolute Gasteiger partial charge is 0.494 e. The lowest BCUT2D eigenvalue weighted by Gasteiger charge is -2.48. The van der Waals surface area contributed by atoms with Gasteiger partial charge in [0.1, 0.15) is 11.8 Å². The first kappa shape index (κ1) is 29.9. The third-order valence-corrected chi connectivity index (χ3v) is 10.6. The monoisotopic (exact) mass is 583 g/mol. The number of ether oxygens (including phenoxy) is 1. The quantitative estimate of drug-likeness (QED) is 0.486. The Morgan fingerprint density at radius 1 is 0.976 bits per heavy atom. The molecular formula is C32H47BFN3O5. The van der Waals surface area contributed by atoms with Crippen LogP contribution >= 0.6 is 0 Å². The van der Waals surface area contributed by atoms with Crippen LogP contribution in [-0.2, 0) is 24.3 Å². The maximum absolute atomic E-state index is 14.5. The van der Waals surface area contributed by atoms with E-state index in [4.69, 9.17) is 14.0 Å². The van der Waals surface area contributed by atoms with Gasteiger partial charge < -0.3 is 28.7 Å². The number of amides is 2. The number of carbonyl (C=O) groups excluding carboxylic acids is 2. The summed E-state index contributed by atoms with van der Waals surface area (Å²) in [6.45, 7) is 16.3. The van der Waals surface area contributed by atoms with Crippen molar-refractivity contribution in [1.82, 2.24) is 9.80 Å². The summed E-state index contributed by atoms with van der Waals surface area (Å²) >= 11 is 0. The van der Waals surface area contributed by atoms with Gasteiger partial charge in [-0.2, -0.15) is 0 Å². The first-order valence-electron chi connectivity index (χ1n) is 15.8. The number of anilines is 1. The van der Waals surface area contributed by atoms with E-state index in [1.165, 1.54) is 0 Å². The van der Waals surface area contributed by atoms with E-state index in [2.05, 4.69) is 17.0 Å². The smallest absolute Gasteiger partial charge is 0.444 e. The summed E-state index contributed by atoms with van der Waals surface area (Å²) in [5.74, 6) is 0.137. The van der Waals surface area contributed by atoms with E-state index >= 15 is 0 Å². The zero-order valence-electron chi connectivity index (χ0n) is 26.4. The van der Waals surface area contributed by atoms with E-state index in [0.29, 0.717) is 44.8 Å². The summed E-state index contributed by atoms with van der Waals surface area (Å²) in [6.07, 6.45) is 3.09. The van der Waals surface area contributed by atoms with Crippen LogP contribution < -0.4 is 10.4 Å². The minimum atomic E-state index is -0.691. The molecule has 1 aromatic carbocycles. The molecule has 0 bridgehead atoms. The molecule has 2 amide bonds. The summed E-state index contributed by atoms with van der Waals surface area (Å²) < 4.78 is 32.1. The molecule has 1 spiro atoms. The Balaban J connectivity index is 1.26. The molecule has 42 heavy (non-hydrogen) atoms. The van der Waals surface area contributed by atoms with E-state index < -0.39 is 35.5 Å². The molecule has 4 fully saturated rings. The Labute approximate surface area is 250 Å². The van der Waals surface area contributed by atoms with Crippen LogP contribution in [0.1, 0.15) is 92.6 Å².